The number of ether oxygens (including phenoxy) is 1. The molecule has 2 atom stereocenters. The van der Waals surface area contributed by atoms with Crippen molar-refractivity contribution in [1.82, 2.24) is 5.32 Å². The van der Waals surface area contributed by atoms with Gasteiger partial charge in [-0.15, -0.1) is 0 Å². The number of esters is 1. The Labute approximate surface area is 348 Å². The SMILES string of the molecule is CCCCC/C=C\C/C=C\C/C=C\C/C=C\CCCCCCCCCC(=O)OCC(O)COP(=O)(O)OCCNC(=O)CCCCCCC/C=C\CCCCCC. The fraction of sp³-hybridized carbons (Fsp3) is 0.745. The van der Waals surface area contributed by atoms with Crippen LogP contribution in [0.4, 0.5) is 0 Å². The van der Waals surface area contributed by atoms with Crippen molar-refractivity contribution in [2.24, 2.45) is 0 Å². The van der Waals surface area contributed by atoms with Gasteiger partial charge in [-0.1, -0.05) is 158 Å². The quantitative estimate of drug-likeness (QED) is 0.0240. The van der Waals surface area contributed by atoms with Gasteiger partial charge >= 0.3 is 13.8 Å². The zero-order chi connectivity index (χ0) is 41.8. The molecule has 0 spiro atoms. The summed E-state index contributed by atoms with van der Waals surface area (Å²) in [6.45, 7) is 3.48. The molecule has 1 amide bonds. The minimum atomic E-state index is -4.42. The number of allylic oxidation sites excluding steroid dienone is 10. The summed E-state index contributed by atoms with van der Waals surface area (Å²) in [5, 5.41) is 12.7. The minimum Gasteiger partial charge on any atom is -0.463 e. The maximum absolute atomic E-state index is 12.1. The summed E-state index contributed by atoms with van der Waals surface area (Å²) in [4.78, 5) is 33.9. The van der Waals surface area contributed by atoms with Crippen molar-refractivity contribution in [3.63, 3.8) is 0 Å². The number of nitrogens with one attached hydrogen (secondary N) is 1. The number of phosphoric acid groups is 1. The van der Waals surface area contributed by atoms with E-state index in [1.54, 1.807) is 0 Å². The summed E-state index contributed by atoms with van der Waals surface area (Å²) in [6.07, 6.45) is 51.5. The van der Waals surface area contributed by atoms with E-state index in [1.807, 2.05) is 0 Å². The Morgan fingerprint density at radius 1 is 0.544 bits per heavy atom. The number of rotatable bonds is 42. The molecular weight excluding hydrogens is 737 g/mol. The Balaban J connectivity index is 3.63. The van der Waals surface area contributed by atoms with Crippen LogP contribution in [0.3, 0.4) is 0 Å². The van der Waals surface area contributed by atoms with Crippen molar-refractivity contribution in [2.75, 3.05) is 26.4 Å². The standard InChI is InChI=1S/C47H84NO8P/c1-3-5-7-9-11-13-15-17-18-19-20-21-22-23-24-25-26-28-30-32-34-36-38-40-47(51)54-43-45(49)44-56-57(52,53)55-42-41-48-46(50)39-37-35-33-31-29-27-16-14-12-10-8-6-4-2/h11,13-14,16-18,20-21,23-24,45,49H,3-10,12,15,19,22,25-44H2,1-2H3,(H,48,50)(H,52,53)/b13-11-,16-14-,18-17-,21-20-,24-23-. The van der Waals surface area contributed by atoms with Gasteiger partial charge in [0.1, 0.15) is 12.7 Å². The fourth-order valence-corrected chi connectivity index (χ4v) is 6.70. The van der Waals surface area contributed by atoms with Crippen LogP contribution in [0.2, 0.25) is 0 Å². The van der Waals surface area contributed by atoms with Gasteiger partial charge in [0.15, 0.2) is 0 Å². The van der Waals surface area contributed by atoms with E-state index in [2.05, 4.69) is 79.9 Å². The van der Waals surface area contributed by atoms with E-state index in [0.717, 1.165) is 83.5 Å². The molecule has 0 aromatic rings. The number of aliphatic hydroxyl groups excluding tert-OH is 1. The van der Waals surface area contributed by atoms with Crippen molar-refractivity contribution in [1.29, 1.82) is 0 Å². The normalized spacial score (nSPS) is 13.8. The van der Waals surface area contributed by atoms with E-state index >= 15 is 0 Å². The Morgan fingerprint density at radius 2 is 0.947 bits per heavy atom. The average molecular weight is 822 g/mol. The lowest BCUT2D eigenvalue weighted by Crippen LogP contribution is -2.27. The third-order valence-electron chi connectivity index (χ3n) is 9.42. The predicted molar refractivity (Wildman–Crippen MR) is 238 cm³/mol. The van der Waals surface area contributed by atoms with Crippen molar-refractivity contribution in [2.45, 2.75) is 200 Å². The molecule has 9 nitrogen and oxygen atoms in total. The molecule has 0 aliphatic heterocycles. The molecule has 0 aliphatic carbocycles. The summed E-state index contributed by atoms with van der Waals surface area (Å²) in [7, 11) is -4.42. The highest BCUT2D eigenvalue weighted by Gasteiger charge is 2.23. The van der Waals surface area contributed by atoms with E-state index in [9.17, 15) is 24.2 Å². The molecule has 3 N–H and O–H groups in total. The van der Waals surface area contributed by atoms with Crippen LogP contribution in [-0.2, 0) is 27.9 Å². The maximum Gasteiger partial charge on any atom is 0.472 e. The number of hydrogen-bond acceptors (Lipinski definition) is 7. The van der Waals surface area contributed by atoms with E-state index in [1.165, 1.54) is 83.5 Å². The molecule has 2 unspecified atom stereocenters. The zero-order valence-corrected chi connectivity index (χ0v) is 37.2. The molecule has 0 aromatic heterocycles. The average Bonchev–Trinajstić information content (AvgIpc) is 3.20. The molecule has 0 aromatic carbocycles. The van der Waals surface area contributed by atoms with Crippen molar-refractivity contribution in [3.8, 4) is 0 Å². The smallest absolute Gasteiger partial charge is 0.463 e. The van der Waals surface area contributed by atoms with E-state index in [-0.39, 0.29) is 32.1 Å². The first-order valence-corrected chi connectivity index (χ1v) is 24.3. The molecule has 57 heavy (non-hydrogen) atoms. The summed E-state index contributed by atoms with van der Waals surface area (Å²) in [5.74, 6) is -0.538. The van der Waals surface area contributed by atoms with Crippen LogP contribution in [0.1, 0.15) is 194 Å². The fourth-order valence-electron chi connectivity index (χ4n) is 5.95. The number of unbranched alkanes of at least 4 members (excludes halogenated alkanes) is 19. The molecule has 330 valence electrons. The molecule has 0 bridgehead atoms. The molecule has 0 rings (SSSR count). The van der Waals surface area contributed by atoms with Gasteiger partial charge in [0, 0.05) is 19.4 Å². The zero-order valence-electron chi connectivity index (χ0n) is 36.3. The van der Waals surface area contributed by atoms with Gasteiger partial charge < -0.3 is 20.1 Å². The predicted octanol–water partition coefficient (Wildman–Crippen LogP) is 12.9. The molecular formula is C47H84NO8P. The van der Waals surface area contributed by atoms with Crippen LogP contribution in [0.5, 0.6) is 0 Å². The Kier molecular flexibility index (Phi) is 41.6. The first kappa shape index (κ1) is 54.7. The van der Waals surface area contributed by atoms with E-state index < -0.39 is 26.5 Å². The second-order valence-electron chi connectivity index (χ2n) is 15.0. The van der Waals surface area contributed by atoms with Crippen LogP contribution < -0.4 is 5.32 Å². The number of phosphoric ester groups is 1. The summed E-state index contributed by atoms with van der Waals surface area (Å²) < 4.78 is 26.9. The highest BCUT2D eigenvalue weighted by molar-refractivity contribution is 7.47. The van der Waals surface area contributed by atoms with Gasteiger partial charge in [-0.3, -0.25) is 18.6 Å². The lowest BCUT2D eigenvalue weighted by atomic mass is 10.1. The highest BCUT2D eigenvalue weighted by atomic mass is 31.2. The van der Waals surface area contributed by atoms with Gasteiger partial charge in [-0.05, 0) is 83.5 Å². The van der Waals surface area contributed by atoms with Crippen LogP contribution in [0, 0.1) is 0 Å². The molecule has 0 aliphatic rings. The third kappa shape index (κ3) is 44.7. The first-order valence-electron chi connectivity index (χ1n) is 22.8. The van der Waals surface area contributed by atoms with Crippen LogP contribution in [-0.4, -0.2) is 54.3 Å². The molecule has 0 saturated heterocycles. The van der Waals surface area contributed by atoms with Gasteiger partial charge in [0.25, 0.3) is 0 Å². The Bertz CT molecular complexity index is 1120. The van der Waals surface area contributed by atoms with Crippen LogP contribution in [0.25, 0.3) is 0 Å². The van der Waals surface area contributed by atoms with Gasteiger partial charge in [-0.2, -0.15) is 0 Å². The Hall–Kier alpha value is -2.29. The number of aliphatic hydroxyl groups is 1. The number of carbonyl (C=O) groups excluding carboxylic acids is 2. The Morgan fingerprint density at radius 3 is 1.47 bits per heavy atom. The second-order valence-corrected chi connectivity index (χ2v) is 16.5. The van der Waals surface area contributed by atoms with Crippen LogP contribution in [0.15, 0.2) is 60.8 Å². The monoisotopic (exact) mass is 822 g/mol. The largest absolute Gasteiger partial charge is 0.472 e. The number of hydrogen-bond donors (Lipinski definition) is 3. The van der Waals surface area contributed by atoms with Crippen molar-refractivity contribution in [3.05, 3.63) is 60.8 Å². The lowest BCUT2D eigenvalue weighted by Gasteiger charge is -2.15. The maximum atomic E-state index is 12.1. The van der Waals surface area contributed by atoms with E-state index in [4.69, 9.17) is 13.8 Å². The molecule has 0 saturated carbocycles. The number of amides is 1. The molecule has 0 fully saturated rings. The summed E-state index contributed by atoms with van der Waals surface area (Å²) >= 11 is 0. The van der Waals surface area contributed by atoms with Crippen LogP contribution >= 0.6 is 7.82 Å². The molecule has 0 radical (unpaired) electrons. The van der Waals surface area contributed by atoms with E-state index in [0.29, 0.717) is 6.42 Å². The molecule has 0 heterocycles. The topological polar surface area (TPSA) is 131 Å². The highest BCUT2D eigenvalue weighted by Crippen LogP contribution is 2.42. The summed E-state index contributed by atoms with van der Waals surface area (Å²) in [6, 6.07) is 0. The van der Waals surface area contributed by atoms with Crippen molar-refractivity contribution < 1.29 is 37.9 Å². The second kappa shape index (κ2) is 43.3. The molecule has 10 heteroatoms. The van der Waals surface area contributed by atoms with Gasteiger partial charge in [0.2, 0.25) is 5.91 Å². The van der Waals surface area contributed by atoms with Gasteiger partial charge in [-0.25, -0.2) is 4.57 Å². The van der Waals surface area contributed by atoms with Crippen molar-refractivity contribution >= 4 is 19.7 Å². The lowest BCUT2D eigenvalue weighted by molar-refractivity contribution is -0.147. The first-order chi connectivity index (χ1) is 27.8. The third-order valence-corrected chi connectivity index (χ3v) is 10.4. The summed E-state index contributed by atoms with van der Waals surface area (Å²) in [5.41, 5.74) is 0. The van der Waals surface area contributed by atoms with Gasteiger partial charge in [0.05, 0.1) is 13.2 Å². The minimum absolute atomic E-state index is 0.0739. The number of carbonyl (C=O) groups is 2.